The van der Waals surface area contributed by atoms with E-state index in [4.69, 9.17) is 5.73 Å². The van der Waals surface area contributed by atoms with E-state index >= 15 is 0 Å². The Labute approximate surface area is 157 Å². The van der Waals surface area contributed by atoms with Crippen LogP contribution in [0.25, 0.3) is 0 Å². The Hall–Kier alpha value is -0.370. The van der Waals surface area contributed by atoms with Gasteiger partial charge in [-0.05, 0) is 57.3 Å². The fourth-order valence-corrected chi connectivity index (χ4v) is 5.92. The number of piperidine rings is 1. The molecule has 3 aliphatic rings. The molecule has 2 unspecified atom stereocenters. The maximum atomic E-state index is 12.7. The minimum atomic E-state index is -3.10. The van der Waals surface area contributed by atoms with Crippen molar-refractivity contribution < 1.29 is 13.2 Å². The van der Waals surface area contributed by atoms with E-state index in [1.807, 2.05) is 0 Å². The Morgan fingerprint density at radius 3 is 2.20 bits per heavy atom. The topological polar surface area (TPSA) is 92.5 Å². The van der Waals surface area contributed by atoms with E-state index in [9.17, 15) is 13.2 Å². The first kappa shape index (κ1) is 20.9. The Bertz CT molecular complexity index is 549. The minimum Gasteiger partial charge on any atom is -0.353 e. The molecule has 0 spiro atoms. The normalized spacial score (nSPS) is 34.2. The molecule has 1 heterocycles. The number of sulfonamides is 1. The minimum absolute atomic E-state index is 0. The molecule has 1 saturated heterocycles. The average Bonchev–Trinajstić information content (AvgIpc) is 2.55. The van der Waals surface area contributed by atoms with Gasteiger partial charge >= 0.3 is 0 Å². The van der Waals surface area contributed by atoms with Crippen LogP contribution in [-0.2, 0) is 14.8 Å². The summed E-state index contributed by atoms with van der Waals surface area (Å²) >= 11 is 0. The number of rotatable bonds is 4. The third-order valence-corrected chi connectivity index (χ3v) is 8.22. The van der Waals surface area contributed by atoms with Crippen molar-refractivity contribution in [3.8, 4) is 0 Å². The highest BCUT2D eigenvalue weighted by Gasteiger charge is 2.41. The largest absolute Gasteiger partial charge is 0.353 e. The highest BCUT2D eigenvalue weighted by Crippen LogP contribution is 2.42. The van der Waals surface area contributed by atoms with Gasteiger partial charge in [-0.15, -0.1) is 12.4 Å². The molecule has 1 aliphatic heterocycles. The standard InChI is InChI=1S/C17H31N3O3S.ClH/c1-2-24(22,23)20-8-6-15(7-9-20)19-17(21)14-10-12-4-3-5-13(11-14)16(12)18;/h12-16H,2-11,18H2,1H3,(H,19,21);1H. The van der Waals surface area contributed by atoms with Crippen LogP contribution in [0.4, 0.5) is 0 Å². The van der Waals surface area contributed by atoms with Gasteiger partial charge in [0.1, 0.15) is 0 Å². The number of hydrogen-bond acceptors (Lipinski definition) is 4. The van der Waals surface area contributed by atoms with Crippen molar-refractivity contribution in [1.29, 1.82) is 0 Å². The van der Waals surface area contributed by atoms with Crippen molar-refractivity contribution >= 4 is 28.3 Å². The quantitative estimate of drug-likeness (QED) is 0.756. The van der Waals surface area contributed by atoms with Crippen LogP contribution in [-0.4, -0.2) is 49.6 Å². The zero-order valence-electron chi connectivity index (χ0n) is 15.0. The van der Waals surface area contributed by atoms with Gasteiger partial charge in [0.2, 0.25) is 15.9 Å². The predicted molar refractivity (Wildman–Crippen MR) is 101 cm³/mol. The van der Waals surface area contributed by atoms with Gasteiger partial charge in [0, 0.05) is 31.1 Å². The van der Waals surface area contributed by atoms with E-state index in [2.05, 4.69) is 5.32 Å². The number of nitrogens with zero attached hydrogens (tertiary/aromatic N) is 1. The second-order valence-electron chi connectivity index (χ2n) is 7.78. The summed E-state index contributed by atoms with van der Waals surface area (Å²) in [6, 6.07) is 0.390. The molecule has 146 valence electrons. The third-order valence-electron chi connectivity index (χ3n) is 6.34. The number of hydrogen-bond donors (Lipinski definition) is 2. The average molecular weight is 394 g/mol. The zero-order chi connectivity index (χ0) is 17.3. The number of carbonyl (C=O) groups is 1. The molecule has 3 rings (SSSR count). The molecule has 0 aromatic rings. The SMILES string of the molecule is CCS(=O)(=O)N1CCC(NC(=O)C2CC3CCCC(C2)C3N)CC1.Cl. The smallest absolute Gasteiger partial charge is 0.223 e. The Kier molecular flexibility index (Phi) is 7.16. The van der Waals surface area contributed by atoms with E-state index in [1.54, 1.807) is 11.2 Å². The van der Waals surface area contributed by atoms with Crippen LogP contribution in [0.5, 0.6) is 0 Å². The van der Waals surface area contributed by atoms with Gasteiger partial charge in [0.15, 0.2) is 0 Å². The fraction of sp³-hybridized carbons (Fsp3) is 0.941. The summed E-state index contributed by atoms with van der Waals surface area (Å²) in [4.78, 5) is 12.7. The fourth-order valence-electron chi connectivity index (χ4n) is 4.78. The summed E-state index contributed by atoms with van der Waals surface area (Å²) < 4.78 is 25.4. The summed E-state index contributed by atoms with van der Waals surface area (Å²) in [6.45, 7) is 2.71. The van der Waals surface area contributed by atoms with Gasteiger partial charge in [0.05, 0.1) is 5.75 Å². The van der Waals surface area contributed by atoms with Crippen molar-refractivity contribution in [2.75, 3.05) is 18.8 Å². The van der Waals surface area contributed by atoms with Crippen molar-refractivity contribution in [2.45, 2.75) is 64.0 Å². The number of halogens is 1. The molecule has 2 atom stereocenters. The van der Waals surface area contributed by atoms with Crippen molar-refractivity contribution in [3.05, 3.63) is 0 Å². The van der Waals surface area contributed by atoms with Gasteiger partial charge < -0.3 is 11.1 Å². The maximum Gasteiger partial charge on any atom is 0.223 e. The van der Waals surface area contributed by atoms with Crippen molar-refractivity contribution in [2.24, 2.45) is 23.5 Å². The highest BCUT2D eigenvalue weighted by molar-refractivity contribution is 7.89. The van der Waals surface area contributed by atoms with Crippen LogP contribution in [0.3, 0.4) is 0 Å². The molecule has 2 aliphatic carbocycles. The van der Waals surface area contributed by atoms with Crippen LogP contribution >= 0.6 is 12.4 Å². The molecular weight excluding hydrogens is 362 g/mol. The van der Waals surface area contributed by atoms with Crippen LogP contribution in [0.1, 0.15) is 51.9 Å². The molecule has 0 aromatic carbocycles. The summed E-state index contributed by atoms with van der Waals surface area (Å²) in [7, 11) is -3.10. The maximum absolute atomic E-state index is 12.7. The van der Waals surface area contributed by atoms with E-state index in [0.717, 1.165) is 25.7 Å². The van der Waals surface area contributed by atoms with Gasteiger partial charge in [-0.3, -0.25) is 4.79 Å². The molecule has 2 saturated carbocycles. The number of amides is 1. The summed E-state index contributed by atoms with van der Waals surface area (Å²) in [5.74, 6) is 1.41. The molecule has 3 fully saturated rings. The predicted octanol–water partition coefficient (Wildman–Crippen LogP) is 1.49. The lowest BCUT2D eigenvalue weighted by molar-refractivity contribution is -0.128. The molecule has 0 radical (unpaired) electrons. The van der Waals surface area contributed by atoms with E-state index in [-0.39, 0.29) is 42.1 Å². The number of nitrogens with two attached hydrogens (primary N) is 1. The van der Waals surface area contributed by atoms with E-state index in [0.29, 0.717) is 37.8 Å². The molecule has 25 heavy (non-hydrogen) atoms. The molecule has 1 amide bonds. The second kappa shape index (κ2) is 8.55. The second-order valence-corrected chi connectivity index (χ2v) is 10.0. The van der Waals surface area contributed by atoms with Crippen molar-refractivity contribution in [3.63, 3.8) is 0 Å². The lowest BCUT2D eigenvalue weighted by Gasteiger charge is -2.44. The monoisotopic (exact) mass is 393 g/mol. The highest BCUT2D eigenvalue weighted by atomic mass is 35.5. The number of nitrogens with one attached hydrogen (secondary N) is 1. The molecule has 6 nitrogen and oxygen atoms in total. The van der Waals surface area contributed by atoms with Gasteiger partial charge in [0.25, 0.3) is 0 Å². The van der Waals surface area contributed by atoms with Crippen LogP contribution in [0, 0.1) is 17.8 Å². The summed E-state index contributed by atoms with van der Waals surface area (Å²) in [6.07, 6.45) is 6.85. The van der Waals surface area contributed by atoms with E-state index < -0.39 is 10.0 Å². The van der Waals surface area contributed by atoms with Crippen molar-refractivity contribution in [1.82, 2.24) is 9.62 Å². The molecule has 3 N–H and O–H groups in total. The molecular formula is C17H32ClN3O3S. The first-order valence-electron chi connectivity index (χ1n) is 9.44. The van der Waals surface area contributed by atoms with Crippen LogP contribution in [0.15, 0.2) is 0 Å². The molecule has 2 bridgehead atoms. The first-order valence-corrected chi connectivity index (χ1v) is 11.1. The van der Waals surface area contributed by atoms with Gasteiger partial charge in [-0.2, -0.15) is 0 Å². The summed E-state index contributed by atoms with van der Waals surface area (Å²) in [5, 5.41) is 3.18. The third kappa shape index (κ3) is 4.67. The van der Waals surface area contributed by atoms with Gasteiger partial charge in [-0.1, -0.05) is 6.42 Å². The Morgan fingerprint density at radius 1 is 1.12 bits per heavy atom. The number of carbonyl (C=O) groups excluding carboxylic acids is 1. The van der Waals surface area contributed by atoms with Crippen LogP contribution < -0.4 is 11.1 Å². The lowest BCUT2D eigenvalue weighted by atomic mass is 9.65. The lowest BCUT2D eigenvalue weighted by Crippen LogP contribution is -2.52. The number of fused-ring (bicyclic) bond motifs is 2. The Balaban J connectivity index is 0.00000225. The van der Waals surface area contributed by atoms with E-state index in [1.165, 1.54) is 6.42 Å². The molecule has 8 heteroatoms. The van der Waals surface area contributed by atoms with Crippen LogP contribution in [0.2, 0.25) is 0 Å². The summed E-state index contributed by atoms with van der Waals surface area (Å²) in [5.41, 5.74) is 6.31. The van der Waals surface area contributed by atoms with Gasteiger partial charge in [-0.25, -0.2) is 12.7 Å². The molecule has 0 aromatic heterocycles. The zero-order valence-corrected chi connectivity index (χ0v) is 16.7. The first-order chi connectivity index (χ1) is 11.4. The Morgan fingerprint density at radius 2 is 1.68 bits per heavy atom.